The van der Waals surface area contributed by atoms with E-state index < -0.39 is 12.1 Å². The monoisotopic (exact) mass is 409 g/mol. The van der Waals surface area contributed by atoms with Crippen LogP contribution in [0.3, 0.4) is 0 Å². The van der Waals surface area contributed by atoms with E-state index >= 15 is 0 Å². The maximum Gasteiger partial charge on any atom is 0.321 e. The fraction of sp³-hybridized carbons (Fsp3) is 0.348. The van der Waals surface area contributed by atoms with E-state index in [0.29, 0.717) is 31.6 Å². The number of amides is 3. The van der Waals surface area contributed by atoms with Gasteiger partial charge >= 0.3 is 12.0 Å². The van der Waals surface area contributed by atoms with E-state index in [1.165, 1.54) is 0 Å². The number of para-hydroxylation sites is 1. The predicted octanol–water partition coefficient (Wildman–Crippen LogP) is 3.81. The van der Waals surface area contributed by atoms with Crippen molar-refractivity contribution >= 4 is 29.3 Å². The summed E-state index contributed by atoms with van der Waals surface area (Å²) in [6, 6.07) is 16.5. The summed E-state index contributed by atoms with van der Waals surface area (Å²) in [7, 11) is 0. The Balaban J connectivity index is 1.44. The molecule has 1 saturated heterocycles. The van der Waals surface area contributed by atoms with E-state index in [1.807, 2.05) is 55.5 Å². The van der Waals surface area contributed by atoms with Crippen molar-refractivity contribution in [2.24, 2.45) is 5.92 Å². The summed E-state index contributed by atoms with van der Waals surface area (Å²) in [5, 5.41) is 5.61. The normalized spacial score (nSPS) is 15.2. The van der Waals surface area contributed by atoms with Crippen molar-refractivity contribution in [1.82, 2.24) is 4.90 Å². The summed E-state index contributed by atoms with van der Waals surface area (Å²) < 4.78 is 5.38. The highest BCUT2D eigenvalue weighted by molar-refractivity contribution is 5.95. The molecule has 0 aliphatic carbocycles. The zero-order valence-corrected chi connectivity index (χ0v) is 17.3. The molecule has 0 saturated carbocycles. The van der Waals surface area contributed by atoms with Crippen LogP contribution in [-0.2, 0) is 14.3 Å². The molecule has 158 valence electrons. The lowest BCUT2D eigenvalue weighted by Gasteiger charge is -2.31. The van der Waals surface area contributed by atoms with Gasteiger partial charge in [-0.2, -0.15) is 0 Å². The number of urea groups is 1. The van der Waals surface area contributed by atoms with Gasteiger partial charge in [-0.05, 0) is 56.5 Å². The van der Waals surface area contributed by atoms with Crippen molar-refractivity contribution in [3.05, 3.63) is 60.2 Å². The van der Waals surface area contributed by atoms with E-state index in [4.69, 9.17) is 4.74 Å². The van der Waals surface area contributed by atoms with Crippen LogP contribution >= 0.6 is 0 Å². The first-order valence-corrected chi connectivity index (χ1v) is 10.1. The second kappa shape index (κ2) is 9.91. The first kappa shape index (κ1) is 21.4. The molecule has 1 aliphatic heterocycles. The highest BCUT2D eigenvalue weighted by atomic mass is 16.5. The van der Waals surface area contributed by atoms with Crippen LogP contribution in [0, 0.1) is 12.8 Å². The van der Waals surface area contributed by atoms with Crippen LogP contribution in [0.5, 0.6) is 0 Å². The van der Waals surface area contributed by atoms with Crippen molar-refractivity contribution in [3.8, 4) is 0 Å². The number of benzene rings is 2. The quantitative estimate of drug-likeness (QED) is 0.735. The van der Waals surface area contributed by atoms with Crippen LogP contribution < -0.4 is 10.6 Å². The summed E-state index contributed by atoms with van der Waals surface area (Å²) in [6.07, 6.45) is 0.123. The van der Waals surface area contributed by atoms with Gasteiger partial charge in [0.2, 0.25) is 0 Å². The van der Waals surface area contributed by atoms with Crippen LogP contribution in [0.15, 0.2) is 54.6 Å². The second-order valence-corrected chi connectivity index (χ2v) is 7.50. The smallest absolute Gasteiger partial charge is 0.321 e. The zero-order chi connectivity index (χ0) is 21.5. The van der Waals surface area contributed by atoms with Gasteiger partial charge in [0.25, 0.3) is 5.91 Å². The number of anilines is 2. The van der Waals surface area contributed by atoms with Crippen molar-refractivity contribution in [2.75, 3.05) is 23.7 Å². The van der Waals surface area contributed by atoms with Gasteiger partial charge in [-0.25, -0.2) is 4.79 Å². The lowest BCUT2D eigenvalue weighted by Crippen LogP contribution is -2.43. The fourth-order valence-corrected chi connectivity index (χ4v) is 3.33. The van der Waals surface area contributed by atoms with E-state index in [-0.39, 0.29) is 17.9 Å². The molecule has 7 nitrogen and oxygen atoms in total. The van der Waals surface area contributed by atoms with Gasteiger partial charge in [0.15, 0.2) is 6.10 Å². The number of esters is 1. The van der Waals surface area contributed by atoms with Gasteiger partial charge in [0.1, 0.15) is 0 Å². The number of piperidine rings is 1. The number of ether oxygens (including phenoxy) is 1. The minimum Gasteiger partial charge on any atom is -0.452 e. The molecule has 1 heterocycles. The number of carbonyl (C=O) groups is 3. The number of hydrogen-bond donors (Lipinski definition) is 2. The van der Waals surface area contributed by atoms with E-state index in [1.54, 1.807) is 17.9 Å². The number of nitrogens with one attached hydrogen (secondary N) is 2. The molecule has 1 fully saturated rings. The summed E-state index contributed by atoms with van der Waals surface area (Å²) in [6.45, 7) is 4.42. The molecule has 1 atom stereocenters. The lowest BCUT2D eigenvalue weighted by molar-refractivity contribution is -0.158. The molecule has 1 aliphatic rings. The molecule has 2 aromatic rings. The van der Waals surface area contributed by atoms with E-state index in [2.05, 4.69) is 10.6 Å². The van der Waals surface area contributed by atoms with Gasteiger partial charge in [-0.15, -0.1) is 0 Å². The maximum absolute atomic E-state index is 12.5. The number of likely N-dealkylation sites (tertiary alicyclic amines) is 1. The first-order chi connectivity index (χ1) is 14.4. The van der Waals surface area contributed by atoms with Crippen LogP contribution in [0.4, 0.5) is 16.2 Å². The molecule has 30 heavy (non-hydrogen) atoms. The Morgan fingerprint density at radius 1 is 0.967 bits per heavy atom. The molecule has 0 aromatic heterocycles. The predicted molar refractivity (Wildman–Crippen MR) is 115 cm³/mol. The molecule has 0 radical (unpaired) electrons. The molecule has 7 heteroatoms. The largest absolute Gasteiger partial charge is 0.452 e. The molecular formula is C23H27N3O4. The Bertz CT molecular complexity index is 892. The number of nitrogens with zero attached hydrogens (tertiary/aromatic N) is 1. The molecule has 0 unspecified atom stereocenters. The number of hydrogen-bond acceptors (Lipinski definition) is 4. The standard InChI is InChI=1S/C23H27N3O4/c1-16-7-6-10-20(15-16)24-21(27)17(2)30-22(28)18-11-13-26(14-12-18)23(29)25-19-8-4-3-5-9-19/h3-10,15,17-18H,11-14H2,1-2H3,(H,24,27)(H,25,29)/t17-/m0/s1. The lowest BCUT2D eigenvalue weighted by atomic mass is 9.97. The van der Waals surface area contributed by atoms with Crippen molar-refractivity contribution < 1.29 is 19.1 Å². The SMILES string of the molecule is Cc1cccc(NC(=O)[C@H](C)OC(=O)C2CCN(C(=O)Nc3ccccc3)CC2)c1. The van der Waals surface area contributed by atoms with E-state index in [0.717, 1.165) is 11.3 Å². The van der Waals surface area contributed by atoms with Crippen LogP contribution in [0.25, 0.3) is 0 Å². The minimum absolute atomic E-state index is 0.182. The van der Waals surface area contributed by atoms with Crippen LogP contribution in [0.2, 0.25) is 0 Å². The van der Waals surface area contributed by atoms with Gasteiger partial charge < -0.3 is 20.3 Å². The number of carbonyl (C=O) groups excluding carboxylic acids is 3. The van der Waals surface area contributed by atoms with Gasteiger partial charge in [-0.1, -0.05) is 30.3 Å². The zero-order valence-electron chi connectivity index (χ0n) is 17.3. The van der Waals surface area contributed by atoms with Crippen LogP contribution in [-0.4, -0.2) is 42.0 Å². The summed E-state index contributed by atoms with van der Waals surface area (Å²) in [4.78, 5) is 38.8. The Morgan fingerprint density at radius 2 is 1.63 bits per heavy atom. The molecule has 2 N–H and O–H groups in total. The van der Waals surface area contributed by atoms with Gasteiger partial charge in [-0.3, -0.25) is 9.59 Å². The van der Waals surface area contributed by atoms with Gasteiger partial charge in [0, 0.05) is 24.5 Å². The third-order valence-corrected chi connectivity index (χ3v) is 5.09. The molecule has 3 rings (SSSR count). The Morgan fingerprint density at radius 3 is 2.30 bits per heavy atom. The molecule has 0 bridgehead atoms. The molecular weight excluding hydrogens is 382 g/mol. The van der Waals surface area contributed by atoms with Crippen molar-refractivity contribution in [3.63, 3.8) is 0 Å². The minimum atomic E-state index is -0.891. The second-order valence-electron chi connectivity index (χ2n) is 7.50. The highest BCUT2D eigenvalue weighted by Crippen LogP contribution is 2.21. The Labute approximate surface area is 176 Å². The summed E-state index contributed by atoms with van der Waals surface area (Å²) in [5.74, 6) is -1.08. The summed E-state index contributed by atoms with van der Waals surface area (Å²) in [5.41, 5.74) is 2.43. The fourth-order valence-electron chi connectivity index (χ4n) is 3.33. The Kier molecular flexibility index (Phi) is 7.06. The molecule has 2 aromatic carbocycles. The molecule has 0 spiro atoms. The van der Waals surface area contributed by atoms with Crippen molar-refractivity contribution in [2.45, 2.75) is 32.8 Å². The van der Waals surface area contributed by atoms with Crippen LogP contribution in [0.1, 0.15) is 25.3 Å². The first-order valence-electron chi connectivity index (χ1n) is 10.1. The molecule has 3 amide bonds. The van der Waals surface area contributed by atoms with Gasteiger partial charge in [0.05, 0.1) is 5.92 Å². The number of aryl methyl sites for hydroxylation is 1. The average Bonchev–Trinajstić information content (AvgIpc) is 2.74. The third-order valence-electron chi connectivity index (χ3n) is 5.09. The third kappa shape index (κ3) is 5.83. The Hall–Kier alpha value is -3.35. The average molecular weight is 409 g/mol. The highest BCUT2D eigenvalue weighted by Gasteiger charge is 2.30. The van der Waals surface area contributed by atoms with E-state index in [9.17, 15) is 14.4 Å². The summed E-state index contributed by atoms with van der Waals surface area (Å²) >= 11 is 0. The topological polar surface area (TPSA) is 87.7 Å². The van der Waals surface area contributed by atoms with Crippen molar-refractivity contribution in [1.29, 1.82) is 0 Å². The number of rotatable bonds is 5. The maximum atomic E-state index is 12.5.